The lowest BCUT2D eigenvalue weighted by Gasteiger charge is -2.12. The standard InChI is InChI=1S/C14H14N6O3/c1-8(13(21)15-7-12-18-16-9(2)23-12)20-14(22)10-5-3-4-6-11(10)17-19-20/h3-6,8H,7H2,1-2H3,(H,15,21)/t8-/m0/s1. The number of hydrogen-bond donors (Lipinski definition) is 1. The van der Waals surface area contributed by atoms with Gasteiger partial charge in [-0.15, -0.1) is 15.3 Å². The van der Waals surface area contributed by atoms with Crippen LogP contribution in [0.4, 0.5) is 0 Å². The summed E-state index contributed by atoms with van der Waals surface area (Å²) in [6.45, 7) is 3.31. The molecule has 0 aliphatic heterocycles. The average molecular weight is 314 g/mol. The highest BCUT2D eigenvalue weighted by atomic mass is 16.4. The normalized spacial score (nSPS) is 12.3. The second kappa shape index (κ2) is 5.95. The van der Waals surface area contributed by atoms with E-state index in [9.17, 15) is 9.59 Å². The lowest BCUT2D eigenvalue weighted by molar-refractivity contribution is -0.124. The Hall–Kier alpha value is -3.10. The fourth-order valence-corrected chi connectivity index (χ4v) is 2.09. The number of fused-ring (bicyclic) bond motifs is 1. The summed E-state index contributed by atoms with van der Waals surface area (Å²) in [6, 6.07) is 6.02. The number of hydrogen-bond acceptors (Lipinski definition) is 7. The van der Waals surface area contributed by atoms with Crippen LogP contribution >= 0.6 is 0 Å². The highest BCUT2D eigenvalue weighted by Gasteiger charge is 2.19. The molecule has 0 aliphatic carbocycles. The fourth-order valence-electron chi connectivity index (χ4n) is 2.09. The van der Waals surface area contributed by atoms with Gasteiger partial charge in [0.2, 0.25) is 17.7 Å². The summed E-state index contributed by atoms with van der Waals surface area (Å²) >= 11 is 0. The third-order valence-electron chi connectivity index (χ3n) is 3.32. The van der Waals surface area contributed by atoms with E-state index >= 15 is 0 Å². The zero-order chi connectivity index (χ0) is 16.4. The Kier molecular flexibility index (Phi) is 3.83. The lowest BCUT2D eigenvalue weighted by atomic mass is 10.2. The molecular weight excluding hydrogens is 300 g/mol. The van der Waals surface area contributed by atoms with Crippen molar-refractivity contribution in [3.8, 4) is 0 Å². The number of benzene rings is 1. The van der Waals surface area contributed by atoms with E-state index in [1.807, 2.05) is 0 Å². The predicted molar refractivity (Wildman–Crippen MR) is 79.4 cm³/mol. The number of carbonyl (C=O) groups is 1. The third kappa shape index (κ3) is 2.93. The van der Waals surface area contributed by atoms with Crippen LogP contribution in [0, 0.1) is 6.92 Å². The van der Waals surface area contributed by atoms with Gasteiger partial charge in [0.15, 0.2) is 0 Å². The molecule has 118 valence electrons. The van der Waals surface area contributed by atoms with Crippen molar-refractivity contribution >= 4 is 16.8 Å². The molecule has 1 N–H and O–H groups in total. The van der Waals surface area contributed by atoms with Crippen molar-refractivity contribution in [2.24, 2.45) is 0 Å². The topological polar surface area (TPSA) is 116 Å². The molecule has 0 radical (unpaired) electrons. The molecule has 3 aromatic rings. The smallest absolute Gasteiger partial charge is 0.278 e. The number of carbonyl (C=O) groups excluding carboxylic acids is 1. The Bertz CT molecular complexity index is 916. The summed E-state index contributed by atoms with van der Waals surface area (Å²) in [7, 11) is 0. The number of nitrogens with zero attached hydrogens (tertiary/aromatic N) is 5. The molecule has 0 spiro atoms. The minimum Gasteiger partial charge on any atom is -0.424 e. The molecule has 3 rings (SSSR count). The summed E-state index contributed by atoms with van der Waals surface area (Å²) in [5.41, 5.74) is 0.120. The molecule has 0 saturated carbocycles. The van der Waals surface area contributed by atoms with E-state index in [1.54, 1.807) is 38.1 Å². The van der Waals surface area contributed by atoms with Crippen molar-refractivity contribution in [2.75, 3.05) is 0 Å². The molecule has 0 unspecified atom stereocenters. The molecule has 2 heterocycles. The van der Waals surface area contributed by atoms with E-state index < -0.39 is 11.9 Å². The Morgan fingerprint density at radius 2 is 2.09 bits per heavy atom. The molecule has 9 heteroatoms. The van der Waals surface area contributed by atoms with Crippen molar-refractivity contribution < 1.29 is 9.21 Å². The lowest BCUT2D eigenvalue weighted by Crippen LogP contribution is -2.37. The van der Waals surface area contributed by atoms with Crippen LogP contribution in [0.5, 0.6) is 0 Å². The van der Waals surface area contributed by atoms with Crippen LogP contribution < -0.4 is 10.9 Å². The van der Waals surface area contributed by atoms with Gasteiger partial charge in [0, 0.05) is 6.92 Å². The molecule has 23 heavy (non-hydrogen) atoms. The van der Waals surface area contributed by atoms with E-state index in [0.29, 0.717) is 22.7 Å². The number of nitrogens with one attached hydrogen (secondary N) is 1. The first-order valence-electron chi connectivity index (χ1n) is 6.97. The number of amides is 1. The first-order valence-corrected chi connectivity index (χ1v) is 6.97. The highest BCUT2D eigenvalue weighted by molar-refractivity contribution is 5.80. The minimum atomic E-state index is -0.816. The largest absolute Gasteiger partial charge is 0.424 e. The van der Waals surface area contributed by atoms with Gasteiger partial charge in [0.25, 0.3) is 5.56 Å². The van der Waals surface area contributed by atoms with E-state index in [1.165, 1.54) is 0 Å². The van der Waals surface area contributed by atoms with Gasteiger partial charge in [0.05, 0.1) is 11.9 Å². The summed E-state index contributed by atoms with van der Waals surface area (Å²) in [4.78, 5) is 24.6. The van der Waals surface area contributed by atoms with Gasteiger partial charge in [-0.1, -0.05) is 17.3 Å². The SMILES string of the molecule is Cc1nnc(CNC(=O)[C@H](C)n2nnc3ccccc3c2=O)o1. The van der Waals surface area contributed by atoms with Gasteiger partial charge in [-0.2, -0.15) is 4.68 Å². The Morgan fingerprint density at radius 1 is 1.30 bits per heavy atom. The molecular formula is C14H14N6O3. The Morgan fingerprint density at radius 3 is 2.83 bits per heavy atom. The molecule has 1 atom stereocenters. The quantitative estimate of drug-likeness (QED) is 0.739. The maximum absolute atomic E-state index is 12.4. The molecule has 9 nitrogen and oxygen atoms in total. The van der Waals surface area contributed by atoms with E-state index in [4.69, 9.17) is 4.42 Å². The van der Waals surface area contributed by atoms with Gasteiger partial charge in [-0.05, 0) is 19.1 Å². The summed E-state index contributed by atoms with van der Waals surface area (Å²) < 4.78 is 6.22. The zero-order valence-corrected chi connectivity index (χ0v) is 12.6. The van der Waals surface area contributed by atoms with E-state index in [-0.39, 0.29) is 12.1 Å². The second-order valence-electron chi connectivity index (χ2n) is 4.96. The van der Waals surface area contributed by atoms with Crippen molar-refractivity contribution in [3.05, 3.63) is 46.4 Å². The van der Waals surface area contributed by atoms with E-state index in [2.05, 4.69) is 25.8 Å². The van der Waals surface area contributed by atoms with E-state index in [0.717, 1.165) is 4.68 Å². The van der Waals surface area contributed by atoms with Gasteiger partial charge < -0.3 is 9.73 Å². The Balaban J connectivity index is 1.79. The minimum absolute atomic E-state index is 0.0831. The van der Waals surface area contributed by atoms with Gasteiger partial charge in [0.1, 0.15) is 11.6 Å². The van der Waals surface area contributed by atoms with Gasteiger partial charge in [-0.25, -0.2) is 0 Å². The summed E-state index contributed by atoms with van der Waals surface area (Å²) in [6.07, 6.45) is 0. The molecule has 0 saturated heterocycles. The number of rotatable bonds is 4. The number of aryl methyl sites for hydroxylation is 1. The molecule has 0 fully saturated rings. The first-order chi connectivity index (χ1) is 11.1. The molecule has 2 aromatic heterocycles. The third-order valence-corrected chi connectivity index (χ3v) is 3.32. The van der Waals surface area contributed by atoms with Crippen molar-refractivity contribution in [2.45, 2.75) is 26.4 Å². The molecule has 0 aliphatic rings. The van der Waals surface area contributed by atoms with Crippen LogP contribution in [0.25, 0.3) is 10.9 Å². The fraction of sp³-hybridized carbons (Fsp3) is 0.286. The number of aromatic nitrogens is 5. The molecule has 1 amide bonds. The Labute approximate surface area is 130 Å². The van der Waals surface area contributed by atoms with Crippen molar-refractivity contribution in [1.82, 2.24) is 30.5 Å². The maximum atomic E-state index is 12.4. The van der Waals surface area contributed by atoms with Crippen LogP contribution in [0.1, 0.15) is 24.7 Å². The van der Waals surface area contributed by atoms with Crippen LogP contribution in [0.3, 0.4) is 0 Å². The predicted octanol–water partition coefficient (Wildman–Crippen LogP) is 0.360. The molecule has 0 bridgehead atoms. The first kappa shape index (κ1) is 14.8. The average Bonchev–Trinajstić information content (AvgIpc) is 2.98. The summed E-state index contributed by atoms with van der Waals surface area (Å²) in [5.74, 6) is 0.312. The maximum Gasteiger partial charge on any atom is 0.278 e. The van der Waals surface area contributed by atoms with Gasteiger partial charge in [-0.3, -0.25) is 9.59 Å². The summed E-state index contributed by atoms with van der Waals surface area (Å²) in [5, 5.41) is 18.3. The van der Waals surface area contributed by atoms with Crippen LogP contribution in [0.2, 0.25) is 0 Å². The zero-order valence-electron chi connectivity index (χ0n) is 12.6. The van der Waals surface area contributed by atoms with Gasteiger partial charge >= 0.3 is 0 Å². The van der Waals surface area contributed by atoms with Crippen molar-refractivity contribution in [1.29, 1.82) is 0 Å². The highest BCUT2D eigenvalue weighted by Crippen LogP contribution is 2.07. The molecule has 1 aromatic carbocycles. The van der Waals surface area contributed by atoms with Crippen LogP contribution in [0.15, 0.2) is 33.5 Å². The second-order valence-corrected chi connectivity index (χ2v) is 4.96. The van der Waals surface area contributed by atoms with Crippen LogP contribution in [-0.4, -0.2) is 31.1 Å². The van der Waals surface area contributed by atoms with Crippen molar-refractivity contribution in [3.63, 3.8) is 0 Å². The van der Waals surface area contributed by atoms with Crippen LogP contribution in [-0.2, 0) is 11.3 Å². The monoisotopic (exact) mass is 314 g/mol.